The number of benzene rings is 2. The summed E-state index contributed by atoms with van der Waals surface area (Å²) in [5.74, 6) is 1.66. The summed E-state index contributed by atoms with van der Waals surface area (Å²) in [5.41, 5.74) is 3.29. The molecule has 10 heteroatoms. The molecule has 0 saturated carbocycles. The molecule has 0 unspecified atom stereocenters. The Kier molecular flexibility index (Phi) is 14.0. The van der Waals surface area contributed by atoms with Gasteiger partial charge in [0.1, 0.15) is 24.7 Å². The molecule has 0 spiro atoms. The predicted octanol–water partition coefficient (Wildman–Crippen LogP) is 3.86. The van der Waals surface area contributed by atoms with Gasteiger partial charge in [-0.25, -0.2) is 0 Å². The van der Waals surface area contributed by atoms with Crippen molar-refractivity contribution in [1.82, 2.24) is 10.2 Å². The summed E-state index contributed by atoms with van der Waals surface area (Å²) in [6.45, 7) is 8.98. The van der Waals surface area contributed by atoms with E-state index >= 15 is 0 Å². The molecule has 2 aromatic carbocycles. The van der Waals surface area contributed by atoms with Gasteiger partial charge in [0.05, 0.1) is 37.7 Å². The summed E-state index contributed by atoms with van der Waals surface area (Å²) < 4.78 is 35.2. The minimum atomic E-state index is -0.225. The van der Waals surface area contributed by atoms with E-state index in [0.29, 0.717) is 39.5 Å². The number of anilines is 1. The second kappa shape index (κ2) is 18.2. The number of ether oxygens (including phenoxy) is 6. The molecule has 1 fully saturated rings. The Bertz CT molecular complexity index is 1130. The number of nitrogens with zero attached hydrogens (tertiary/aromatic N) is 2. The Morgan fingerprint density at radius 3 is 2.45 bits per heavy atom. The van der Waals surface area contributed by atoms with E-state index in [-0.39, 0.29) is 30.6 Å². The molecule has 44 heavy (non-hydrogen) atoms. The normalized spacial score (nSPS) is 19.7. The standard InChI is InChI=1S/C34H51N3O7/c1-5-36(2)33(38)25-44-32-23-35-22-31(34(32)27-10-12-28(13-11-27)41-19-7-6-17-39-3)43-24-26-9-14-30-29(21-26)37(16-20-42-30)15-8-18-40-4/h9-14,21,31-32,34-35H,5-8,15-20,22-25H2,1-4H3/t31-,32+,34+/m0/s1. The maximum absolute atomic E-state index is 12.6. The van der Waals surface area contributed by atoms with Gasteiger partial charge in [-0.2, -0.15) is 0 Å². The van der Waals surface area contributed by atoms with Crippen LogP contribution in [0.25, 0.3) is 0 Å². The number of nitrogens with one attached hydrogen (secondary N) is 1. The van der Waals surface area contributed by atoms with E-state index in [2.05, 4.69) is 34.5 Å². The molecular weight excluding hydrogens is 562 g/mol. The van der Waals surface area contributed by atoms with Crippen LogP contribution in [0.3, 0.4) is 0 Å². The highest BCUT2D eigenvalue weighted by atomic mass is 16.5. The predicted molar refractivity (Wildman–Crippen MR) is 171 cm³/mol. The third-order valence-corrected chi connectivity index (χ3v) is 8.31. The number of hydrogen-bond donors (Lipinski definition) is 1. The van der Waals surface area contributed by atoms with Crippen LogP contribution in [-0.4, -0.2) is 110 Å². The molecule has 3 atom stereocenters. The van der Waals surface area contributed by atoms with Gasteiger partial charge >= 0.3 is 0 Å². The number of fused-ring (bicyclic) bond motifs is 1. The quantitative estimate of drug-likeness (QED) is 0.252. The lowest BCUT2D eigenvalue weighted by Crippen LogP contribution is -2.51. The van der Waals surface area contributed by atoms with Crippen molar-refractivity contribution < 1.29 is 33.2 Å². The zero-order chi connectivity index (χ0) is 31.1. The van der Waals surface area contributed by atoms with E-state index in [1.165, 1.54) is 0 Å². The van der Waals surface area contributed by atoms with Crippen molar-refractivity contribution in [3.8, 4) is 11.5 Å². The third kappa shape index (κ3) is 9.81. The summed E-state index contributed by atoms with van der Waals surface area (Å²) in [4.78, 5) is 16.6. The van der Waals surface area contributed by atoms with Crippen molar-refractivity contribution in [2.75, 3.05) is 91.9 Å². The van der Waals surface area contributed by atoms with Crippen LogP contribution in [0.15, 0.2) is 42.5 Å². The molecule has 0 radical (unpaired) electrons. The van der Waals surface area contributed by atoms with E-state index in [1.54, 1.807) is 26.2 Å². The number of carbonyl (C=O) groups excluding carboxylic acids is 1. The minimum Gasteiger partial charge on any atom is -0.494 e. The fourth-order valence-corrected chi connectivity index (χ4v) is 5.65. The molecule has 4 rings (SSSR count). The van der Waals surface area contributed by atoms with Crippen molar-refractivity contribution in [2.24, 2.45) is 0 Å². The highest BCUT2D eigenvalue weighted by Crippen LogP contribution is 2.35. The average Bonchev–Trinajstić information content (AvgIpc) is 3.06. The van der Waals surface area contributed by atoms with Crippen molar-refractivity contribution in [3.05, 3.63) is 53.6 Å². The number of likely N-dealkylation sites (N-methyl/N-ethyl adjacent to an activating group) is 1. The number of amides is 1. The Labute approximate surface area is 262 Å². The molecule has 2 aliphatic heterocycles. The van der Waals surface area contributed by atoms with Crippen LogP contribution in [0.2, 0.25) is 0 Å². The molecule has 1 saturated heterocycles. The van der Waals surface area contributed by atoms with Gasteiger partial charge in [-0.1, -0.05) is 18.2 Å². The highest BCUT2D eigenvalue weighted by molar-refractivity contribution is 5.77. The topological polar surface area (TPSA) is 91.0 Å². The molecule has 2 aliphatic rings. The van der Waals surface area contributed by atoms with Crippen LogP contribution in [0.5, 0.6) is 11.5 Å². The number of carbonyl (C=O) groups is 1. The van der Waals surface area contributed by atoms with E-state index in [9.17, 15) is 4.79 Å². The van der Waals surface area contributed by atoms with Crippen LogP contribution >= 0.6 is 0 Å². The van der Waals surface area contributed by atoms with E-state index in [0.717, 1.165) is 73.9 Å². The summed E-state index contributed by atoms with van der Waals surface area (Å²) >= 11 is 0. The number of methoxy groups -OCH3 is 2. The lowest BCUT2D eigenvalue weighted by atomic mass is 9.85. The summed E-state index contributed by atoms with van der Waals surface area (Å²) in [5, 5.41) is 3.48. The van der Waals surface area contributed by atoms with E-state index in [4.69, 9.17) is 28.4 Å². The smallest absolute Gasteiger partial charge is 0.248 e. The van der Waals surface area contributed by atoms with Gasteiger partial charge in [0.2, 0.25) is 5.91 Å². The zero-order valence-electron chi connectivity index (χ0n) is 26.9. The first-order valence-corrected chi connectivity index (χ1v) is 15.9. The number of unbranched alkanes of at least 4 members (excludes halogenated alkanes) is 1. The fraction of sp³-hybridized carbons (Fsp3) is 0.618. The van der Waals surface area contributed by atoms with Gasteiger partial charge in [0.15, 0.2) is 0 Å². The number of hydrogen-bond acceptors (Lipinski definition) is 9. The molecule has 0 aliphatic carbocycles. The maximum atomic E-state index is 12.6. The first-order chi connectivity index (χ1) is 21.5. The van der Waals surface area contributed by atoms with E-state index < -0.39 is 0 Å². The number of piperidine rings is 1. The van der Waals surface area contributed by atoms with Crippen LogP contribution in [0, 0.1) is 0 Å². The molecule has 1 amide bonds. The van der Waals surface area contributed by atoms with Crippen LogP contribution < -0.4 is 19.7 Å². The second-order valence-electron chi connectivity index (χ2n) is 11.4. The lowest BCUT2D eigenvalue weighted by molar-refractivity contribution is -0.139. The summed E-state index contributed by atoms with van der Waals surface area (Å²) in [6, 6.07) is 14.5. The SMILES string of the molecule is CCN(C)C(=O)CO[C@@H]1CNC[C@H](OCc2ccc3c(c2)N(CCCOC)CCO3)[C@H]1c1ccc(OCCCCOC)cc1. The van der Waals surface area contributed by atoms with Crippen molar-refractivity contribution >= 4 is 11.6 Å². The molecule has 1 N–H and O–H groups in total. The molecular formula is C34H51N3O7. The van der Waals surface area contributed by atoms with Crippen molar-refractivity contribution in [1.29, 1.82) is 0 Å². The highest BCUT2D eigenvalue weighted by Gasteiger charge is 2.36. The lowest BCUT2D eigenvalue weighted by Gasteiger charge is -2.39. The minimum absolute atomic E-state index is 0.0298. The first-order valence-electron chi connectivity index (χ1n) is 15.9. The zero-order valence-corrected chi connectivity index (χ0v) is 26.9. The Morgan fingerprint density at radius 1 is 0.977 bits per heavy atom. The Morgan fingerprint density at radius 2 is 1.70 bits per heavy atom. The number of rotatable bonds is 18. The van der Waals surface area contributed by atoms with Gasteiger partial charge in [-0.05, 0) is 61.6 Å². The summed E-state index contributed by atoms with van der Waals surface area (Å²) in [7, 11) is 5.25. The second-order valence-corrected chi connectivity index (χ2v) is 11.4. The maximum Gasteiger partial charge on any atom is 0.248 e. The van der Waals surface area contributed by atoms with Gasteiger partial charge in [0, 0.05) is 66.6 Å². The van der Waals surface area contributed by atoms with Crippen LogP contribution in [-0.2, 0) is 30.3 Å². The molecule has 0 aromatic heterocycles. The summed E-state index contributed by atoms with van der Waals surface area (Å²) in [6.07, 6.45) is 2.49. The van der Waals surface area contributed by atoms with Gasteiger partial charge < -0.3 is 43.5 Å². The van der Waals surface area contributed by atoms with Gasteiger partial charge in [-0.15, -0.1) is 0 Å². The van der Waals surface area contributed by atoms with Gasteiger partial charge in [0.25, 0.3) is 0 Å². The largest absolute Gasteiger partial charge is 0.494 e. The monoisotopic (exact) mass is 613 g/mol. The molecule has 2 aromatic rings. The van der Waals surface area contributed by atoms with Crippen LogP contribution in [0.4, 0.5) is 5.69 Å². The molecule has 244 valence electrons. The fourth-order valence-electron chi connectivity index (χ4n) is 5.65. The first kappa shape index (κ1) is 34.0. The Balaban J connectivity index is 1.46. The van der Waals surface area contributed by atoms with Crippen molar-refractivity contribution in [2.45, 2.75) is 50.9 Å². The third-order valence-electron chi connectivity index (χ3n) is 8.31. The van der Waals surface area contributed by atoms with Crippen LogP contribution in [0.1, 0.15) is 43.2 Å². The van der Waals surface area contributed by atoms with Crippen molar-refractivity contribution in [3.63, 3.8) is 0 Å². The molecule has 0 bridgehead atoms. The molecule has 10 nitrogen and oxygen atoms in total. The average molecular weight is 614 g/mol. The Hall–Kier alpha value is -2.89. The van der Waals surface area contributed by atoms with Gasteiger partial charge in [-0.3, -0.25) is 4.79 Å². The van der Waals surface area contributed by atoms with E-state index in [1.807, 2.05) is 25.1 Å². The molecule has 2 heterocycles.